The summed E-state index contributed by atoms with van der Waals surface area (Å²) >= 11 is 1.99. The molecule has 0 bridgehead atoms. The summed E-state index contributed by atoms with van der Waals surface area (Å²) in [7, 11) is 0. The molecule has 0 saturated carbocycles. The number of nitrogens with two attached hydrogens (primary N) is 1. The summed E-state index contributed by atoms with van der Waals surface area (Å²) < 4.78 is 0. The van der Waals surface area contributed by atoms with Gasteiger partial charge in [0.1, 0.15) is 0 Å². The van der Waals surface area contributed by atoms with Gasteiger partial charge in [-0.05, 0) is 18.6 Å². The summed E-state index contributed by atoms with van der Waals surface area (Å²) in [5, 5.41) is 4.10. The van der Waals surface area contributed by atoms with Crippen molar-refractivity contribution in [3.63, 3.8) is 0 Å². The van der Waals surface area contributed by atoms with Gasteiger partial charge >= 0.3 is 0 Å². The number of hydrogen-bond acceptors (Lipinski definition) is 4. The Balaban J connectivity index is 1.95. The Morgan fingerprint density at radius 1 is 1.40 bits per heavy atom. The molecule has 1 amide bonds. The van der Waals surface area contributed by atoms with E-state index in [1.54, 1.807) is 0 Å². The number of rotatable bonds is 3. The summed E-state index contributed by atoms with van der Waals surface area (Å²) in [5.41, 5.74) is 8.27. The topological polar surface area (TPSA) is 58.4 Å². The van der Waals surface area contributed by atoms with Crippen molar-refractivity contribution >= 4 is 29.0 Å². The number of aryl methyl sites for hydroxylation is 1. The molecule has 1 aromatic rings. The highest BCUT2D eigenvalue weighted by Crippen LogP contribution is 2.25. The second-order valence-corrected chi connectivity index (χ2v) is 7.42. The van der Waals surface area contributed by atoms with Gasteiger partial charge in [-0.3, -0.25) is 9.69 Å². The van der Waals surface area contributed by atoms with E-state index in [4.69, 9.17) is 5.73 Å². The molecule has 110 valence electrons. The van der Waals surface area contributed by atoms with Crippen LogP contribution in [0.25, 0.3) is 0 Å². The predicted octanol–water partition coefficient (Wildman–Crippen LogP) is 2.34. The van der Waals surface area contributed by atoms with Crippen LogP contribution in [-0.4, -0.2) is 40.9 Å². The molecule has 5 heteroatoms. The molecule has 0 aromatic heterocycles. The minimum Gasteiger partial charge on any atom is -0.397 e. The number of carbonyl (C=O) groups excluding carboxylic acids is 1. The van der Waals surface area contributed by atoms with E-state index in [9.17, 15) is 4.79 Å². The maximum atomic E-state index is 12.2. The van der Waals surface area contributed by atoms with Crippen LogP contribution in [0.1, 0.15) is 19.4 Å². The molecule has 2 rings (SSSR count). The van der Waals surface area contributed by atoms with E-state index in [0.717, 1.165) is 24.3 Å². The van der Waals surface area contributed by atoms with Gasteiger partial charge in [0.15, 0.2) is 0 Å². The van der Waals surface area contributed by atoms with Crippen molar-refractivity contribution in [1.82, 2.24) is 4.90 Å². The van der Waals surface area contributed by atoms with Gasteiger partial charge in [0.25, 0.3) is 0 Å². The molecule has 2 atom stereocenters. The third kappa shape index (κ3) is 3.90. The van der Waals surface area contributed by atoms with Crippen LogP contribution in [-0.2, 0) is 4.79 Å². The van der Waals surface area contributed by atoms with E-state index >= 15 is 0 Å². The van der Waals surface area contributed by atoms with Crippen molar-refractivity contribution in [3.05, 3.63) is 23.8 Å². The number of nitrogens with zero attached hydrogens (tertiary/aromatic N) is 1. The molecule has 1 aliphatic rings. The van der Waals surface area contributed by atoms with E-state index in [-0.39, 0.29) is 5.91 Å². The molecule has 1 aliphatic heterocycles. The molecular formula is C15H23N3OS. The van der Waals surface area contributed by atoms with Gasteiger partial charge in [-0.25, -0.2) is 0 Å². The van der Waals surface area contributed by atoms with Crippen LogP contribution >= 0.6 is 11.8 Å². The number of hydrogen-bond donors (Lipinski definition) is 2. The molecule has 20 heavy (non-hydrogen) atoms. The van der Waals surface area contributed by atoms with Crippen LogP contribution in [0.2, 0.25) is 0 Å². The minimum absolute atomic E-state index is 0.0114. The third-order valence-electron chi connectivity index (χ3n) is 3.43. The summed E-state index contributed by atoms with van der Waals surface area (Å²) in [4.78, 5) is 14.4. The molecule has 0 aliphatic carbocycles. The SMILES string of the molecule is Cc1cccc(N)c1NC(=O)CN1CC(C)SC(C)C1. The second-order valence-electron chi connectivity index (χ2n) is 5.54. The fourth-order valence-corrected chi connectivity index (χ4v) is 4.04. The smallest absolute Gasteiger partial charge is 0.238 e. The van der Waals surface area contributed by atoms with E-state index in [1.807, 2.05) is 36.9 Å². The molecule has 0 radical (unpaired) electrons. The number of amides is 1. The summed E-state index contributed by atoms with van der Waals surface area (Å²) in [6.07, 6.45) is 0. The largest absolute Gasteiger partial charge is 0.397 e. The van der Waals surface area contributed by atoms with E-state index in [1.165, 1.54) is 0 Å². The molecule has 1 aromatic carbocycles. The van der Waals surface area contributed by atoms with Crippen LogP contribution in [0, 0.1) is 6.92 Å². The Morgan fingerprint density at radius 3 is 2.65 bits per heavy atom. The number of nitrogen functional groups attached to an aromatic ring is 1. The van der Waals surface area contributed by atoms with Gasteiger partial charge in [-0.1, -0.05) is 26.0 Å². The zero-order chi connectivity index (χ0) is 14.7. The quantitative estimate of drug-likeness (QED) is 0.840. The Hall–Kier alpha value is -1.20. The predicted molar refractivity (Wildman–Crippen MR) is 87.2 cm³/mol. The van der Waals surface area contributed by atoms with Gasteiger partial charge in [0, 0.05) is 23.6 Å². The van der Waals surface area contributed by atoms with Gasteiger partial charge in [0.2, 0.25) is 5.91 Å². The van der Waals surface area contributed by atoms with Crippen LogP contribution in [0.3, 0.4) is 0 Å². The van der Waals surface area contributed by atoms with Crippen molar-refractivity contribution in [2.24, 2.45) is 0 Å². The van der Waals surface area contributed by atoms with Crippen LogP contribution in [0.15, 0.2) is 18.2 Å². The lowest BCUT2D eigenvalue weighted by atomic mass is 10.1. The van der Waals surface area contributed by atoms with Crippen molar-refractivity contribution < 1.29 is 4.79 Å². The van der Waals surface area contributed by atoms with Crippen LogP contribution < -0.4 is 11.1 Å². The number of para-hydroxylation sites is 1. The normalized spacial score (nSPS) is 23.6. The average Bonchev–Trinajstić information content (AvgIpc) is 2.32. The highest BCUT2D eigenvalue weighted by molar-refractivity contribution is 8.00. The highest BCUT2D eigenvalue weighted by Gasteiger charge is 2.23. The summed E-state index contributed by atoms with van der Waals surface area (Å²) in [6.45, 7) is 8.74. The van der Waals surface area contributed by atoms with Crippen molar-refractivity contribution in [2.45, 2.75) is 31.3 Å². The minimum atomic E-state index is 0.0114. The van der Waals surface area contributed by atoms with Gasteiger partial charge in [-0.2, -0.15) is 11.8 Å². The first kappa shape index (κ1) is 15.2. The van der Waals surface area contributed by atoms with Crippen molar-refractivity contribution in [1.29, 1.82) is 0 Å². The Bertz CT molecular complexity index is 462. The lowest BCUT2D eigenvalue weighted by molar-refractivity contribution is -0.117. The van der Waals surface area contributed by atoms with Crippen LogP contribution in [0.5, 0.6) is 0 Å². The zero-order valence-corrected chi connectivity index (χ0v) is 13.2. The Labute approximate surface area is 125 Å². The lowest BCUT2D eigenvalue weighted by Crippen LogP contribution is -2.44. The lowest BCUT2D eigenvalue weighted by Gasteiger charge is -2.34. The van der Waals surface area contributed by atoms with Crippen LogP contribution in [0.4, 0.5) is 11.4 Å². The van der Waals surface area contributed by atoms with Gasteiger partial charge in [0.05, 0.1) is 17.9 Å². The Kier molecular flexibility index (Phi) is 4.94. The molecule has 4 nitrogen and oxygen atoms in total. The first-order valence-electron chi connectivity index (χ1n) is 6.98. The number of nitrogens with one attached hydrogen (secondary N) is 1. The first-order valence-corrected chi connectivity index (χ1v) is 7.92. The number of thioether (sulfide) groups is 1. The maximum absolute atomic E-state index is 12.2. The monoisotopic (exact) mass is 293 g/mol. The maximum Gasteiger partial charge on any atom is 0.238 e. The van der Waals surface area contributed by atoms with Gasteiger partial charge in [-0.15, -0.1) is 0 Å². The highest BCUT2D eigenvalue weighted by atomic mass is 32.2. The molecule has 3 N–H and O–H groups in total. The molecule has 0 spiro atoms. The van der Waals surface area contributed by atoms with Crippen molar-refractivity contribution in [2.75, 3.05) is 30.7 Å². The number of carbonyl (C=O) groups is 1. The Morgan fingerprint density at radius 2 is 2.05 bits per heavy atom. The zero-order valence-electron chi connectivity index (χ0n) is 12.3. The first-order chi connectivity index (χ1) is 9.45. The fraction of sp³-hybridized carbons (Fsp3) is 0.533. The molecular weight excluding hydrogens is 270 g/mol. The molecule has 1 fully saturated rings. The molecule has 1 heterocycles. The molecule has 1 saturated heterocycles. The number of benzene rings is 1. The molecule has 2 unspecified atom stereocenters. The average molecular weight is 293 g/mol. The second kappa shape index (κ2) is 6.50. The summed E-state index contributed by atoms with van der Waals surface area (Å²) in [6, 6.07) is 5.66. The van der Waals surface area contributed by atoms with Gasteiger partial charge < -0.3 is 11.1 Å². The third-order valence-corrected chi connectivity index (χ3v) is 4.66. The fourth-order valence-electron chi connectivity index (χ4n) is 2.66. The van der Waals surface area contributed by atoms with E-state index in [2.05, 4.69) is 24.1 Å². The summed E-state index contributed by atoms with van der Waals surface area (Å²) in [5.74, 6) is 0.0114. The standard InChI is InChI=1S/C15H23N3OS/c1-10-5-4-6-13(16)15(10)17-14(19)9-18-7-11(2)20-12(3)8-18/h4-6,11-12H,7-9,16H2,1-3H3,(H,17,19). The van der Waals surface area contributed by atoms with E-state index < -0.39 is 0 Å². The van der Waals surface area contributed by atoms with E-state index in [0.29, 0.717) is 22.7 Å². The van der Waals surface area contributed by atoms with Crippen molar-refractivity contribution in [3.8, 4) is 0 Å². The number of anilines is 2.